The highest BCUT2D eigenvalue weighted by Crippen LogP contribution is 2.13. The molecule has 0 aliphatic heterocycles. The predicted octanol–water partition coefficient (Wildman–Crippen LogP) is 20.9. The van der Waals surface area contributed by atoms with E-state index in [1.165, 1.54) is 19.3 Å². The Balaban J connectivity index is 4.54. The predicted molar refractivity (Wildman–Crippen MR) is 334 cm³/mol. The summed E-state index contributed by atoms with van der Waals surface area (Å²) in [5, 5.41) is 0. The van der Waals surface area contributed by atoms with Gasteiger partial charge in [0, 0.05) is 19.3 Å². The first-order valence-electron chi connectivity index (χ1n) is 30.3. The quantitative estimate of drug-likeness (QED) is 0.0261. The summed E-state index contributed by atoms with van der Waals surface area (Å²) in [6.45, 7) is 6.20. The third-order valence-corrected chi connectivity index (χ3v) is 11.9. The van der Waals surface area contributed by atoms with Crippen LogP contribution in [0.1, 0.15) is 226 Å². The van der Waals surface area contributed by atoms with Crippen LogP contribution in [0, 0.1) is 0 Å². The lowest BCUT2D eigenvalue weighted by atomic mass is 10.1. The molecule has 0 aromatic rings. The van der Waals surface area contributed by atoms with Crippen LogP contribution in [0.2, 0.25) is 0 Å². The molecule has 0 fully saturated rings. The molecule has 0 N–H and O–H groups in total. The second-order valence-corrected chi connectivity index (χ2v) is 19.1. The van der Waals surface area contributed by atoms with E-state index in [2.05, 4.69) is 203 Å². The average Bonchev–Trinajstić information content (AvgIpc) is 3.43. The number of hydrogen-bond donors (Lipinski definition) is 0. The number of unbranched alkanes of at least 4 members (excludes halogenated alkanes) is 11. The van der Waals surface area contributed by atoms with Gasteiger partial charge < -0.3 is 14.2 Å². The fraction of sp³-hybridized carbons (Fsp3) is 0.535. The summed E-state index contributed by atoms with van der Waals surface area (Å²) in [6.07, 6.45) is 94.6. The van der Waals surface area contributed by atoms with Crippen molar-refractivity contribution in [2.75, 3.05) is 13.2 Å². The number of esters is 3. The van der Waals surface area contributed by atoms with Crippen molar-refractivity contribution >= 4 is 17.9 Å². The van der Waals surface area contributed by atoms with Crippen molar-refractivity contribution in [1.29, 1.82) is 0 Å². The molecule has 0 rings (SSSR count). The Kier molecular flexibility index (Phi) is 58.6. The van der Waals surface area contributed by atoms with Crippen LogP contribution in [0.15, 0.2) is 182 Å². The van der Waals surface area contributed by atoms with Gasteiger partial charge in [-0.15, -0.1) is 0 Å². The van der Waals surface area contributed by atoms with Crippen LogP contribution in [0.5, 0.6) is 0 Å². The minimum atomic E-state index is -0.830. The molecule has 0 amide bonds. The van der Waals surface area contributed by atoms with Crippen LogP contribution < -0.4 is 0 Å². The number of rotatable bonds is 52. The molecule has 0 radical (unpaired) electrons. The maximum absolute atomic E-state index is 12.9. The van der Waals surface area contributed by atoms with E-state index >= 15 is 0 Å². The van der Waals surface area contributed by atoms with Crippen molar-refractivity contribution in [1.82, 2.24) is 0 Å². The maximum atomic E-state index is 12.9. The molecule has 0 heterocycles. The highest BCUT2D eigenvalue weighted by Gasteiger charge is 2.19. The lowest BCUT2D eigenvalue weighted by molar-refractivity contribution is -0.167. The average molecular weight is 1060 g/mol. The molecule has 6 nitrogen and oxygen atoms in total. The Bertz CT molecular complexity index is 1840. The summed E-state index contributed by atoms with van der Waals surface area (Å²) >= 11 is 0. The van der Waals surface area contributed by atoms with Gasteiger partial charge in [0.1, 0.15) is 13.2 Å². The summed E-state index contributed by atoms with van der Waals surface area (Å²) in [5.74, 6) is -1.03. The molecule has 428 valence electrons. The number of carbonyl (C=O) groups is 3. The van der Waals surface area contributed by atoms with E-state index in [0.29, 0.717) is 12.8 Å². The van der Waals surface area contributed by atoms with Gasteiger partial charge in [0.15, 0.2) is 6.10 Å². The van der Waals surface area contributed by atoms with Crippen molar-refractivity contribution in [2.24, 2.45) is 0 Å². The first-order chi connectivity index (χ1) is 38.0. The molecule has 0 aliphatic rings. The van der Waals surface area contributed by atoms with Gasteiger partial charge in [0.25, 0.3) is 0 Å². The third kappa shape index (κ3) is 61.2. The van der Waals surface area contributed by atoms with Gasteiger partial charge in [-0.2, -0.15) is 0 Å². The van der Waals surface area contributed by atoms with E-state index in [4.69, 9.17) is 14.2 Å². The van der Waals surface area contributed by atoms with E-state index in [0.717, 1.165) is 154 Å². The molecule has 0 saturated heterocycles. The molecule has 0 aromatic carbocycles. The zero-order valence-corrected chi connectivity index (χ0v) is 48.9. The summed E-state index contributed by atoms with van der Waals surface area (Å²) in [4.78, 5) is 38.2. The van der Waals surface area contributed by atoms with Crippen LogP contribution in [0.25, 0.3) is 0 Å². The zero-order valence-electron chi connectivity index (χ0n) is 48.9. The standard InChI is InChI=1S/C71H108O6/c1-4-7-10-13-16-19-22-25-28-30-31-32-33-34-35-36-37-38-39-41-43-46-49-52-55-58-61-64-70(73)76-67-68(66-75-69(72)63-60-57-54-51-48-45-42-27-24-21-18-15-12-9-6-3)77-71(74)65-62-59-56-53-50-47-44-40-29-26-23-20-17-14-11-8-5-2/h7-12,16-21,25-29,31-32,34-35,37-38,41-43,48-49,51-52,68H,4-6,13-15,22-24,30,33,36,39-40,44-47,50,53-67H2,1-3H3/b10-7-,11-8-,12-9-,19-16-,20-17-,21-18-,28-25-,29-26-,32-31-,35-34-,38-37-,42-27-,43-41-,51-48-,52-49-. The molecule has 0 aromatic heterocycles. The Morgan fingerprint density at radius 1 is 0.260 bits per heavy atom. The van der Waals surface area contributed by atoms with E-state index in [1.54, 1.807) is 0 Å². The highest BCUT2D eigenvalue weighted by molar-refractivity contribution is 5.71. The van der Waals surface area contributed by atoms with Crippen molar-refractivity contribution in [3.8, 4) is 0 Å². The van der Waals surface area contributed by atoms with Gasteiger partial charge in [0.05, 0.1) is 0 Å². The number of hydrogen-bond acceptors (Lipinski definition) is 6. The molecular weight excluding hydrogens is 949 g/mol. The second-order valence-electron chi connectivity index (χ2n) is 19.1. The van der Waals surface area contributed by atoms with E-state index in [9.17, 15) is 14.4 Å². The first kappa shape index (κ1) is 71.5. The van der Waals surface area contributed by atoms with Crippen LogP contribution in [-0.2, 0) is 28.6 Å². The SMILES string of the molecule is CC/C=C\C/C=C\C/C=C\C/C=C\C/C=C\C/C=C\C/C=C\C/C=C\CCCCC(=O)OCC(COC(=O)CCCC/C=C\C/C=C\C/C=C\C/C=C\CC)OC(=O)CCCCCCCCC/C=C\C/C=C\C/C=C\CC. The van der Waals surface area contributed by atoms with Gasteiger partial charge in [-0.25, -0.2) is 0 Å². The van der Waals surface area contributed by atoms with Crippen molar-refractivity contribution in [3.63, 3.8) is 0 Å². The largest absolute Gasteiger partial charge is 0.462 e. The van der Waals surface area contributed by atoms with E-state index in [-0.39, 0.29) is 50.4 Å². The third-order valence-electron chi connectivity index (χ3n) is 11.9. The Labute approximate surface area is 472 Å². The zero-order chi connectivity index (χ0) is 55.7. The van der Waals surface area contributed by atoms with E-state index < -0.39 is 6.10 Å². The maximum Gasteiger partial charge on any atom is 0.306 e. The minimum absolute atomic E-state index is 0.127. The lowest BCUT2D eigenvalue weighted by Crippen LogP contribution is -2.30. The second kappa shape index (κ2) is 63.0. The Hall–Kier alpha value is -5.49. The number of carbonyl (C=O) groups excluding carboxylic acids is 3. The molecule has 0 saturated carbocycles. The van der Waals surface area contributed by atoms with Crippen LogP contribution in [-0.4, -0.2) is 37.2 Å². The minimum Gasteiger partial charge on any atom is -0.462 e. The fourth-order valence-corrected chi connectivity index (χ4v) is 7.46. The van der Waals surface area contributed by atoms with Crippen molar-refractivity contribution in [2.45, 2.75) is 232 Å². The van der Waals surface area contributed by atoms with Crippen molar-refractivity contribution in [3.05, 3.63) is 182 Å². The molecule has 0 spiro atoms. The van der Waals surface area contributed by atoms with Gasteiger partial charge in [0.2, 0.25) is 0 Å². The normalized spacial score (nSPS) is 13.4. The topological polar surface area (TPSA) is 78.9 Å². The smallest absolute Gasteiger partial charge is 0.306 e. The summed E-state index contributed by atoms with van der Waals surface area (Å²) in [7, 11) is 0. The van der Waals surface area contributed by atoms with Crippen LogP contribution in [0.3, 0.4) is 0 Å². The summed E-state index contributed by atoms with van der Waals surface area (Å²) in [5.41, 5.74) is 0. The highest BCUT2D eigenvalue weighted by atomic mass is 16.6. The number of allylic oxidation sites excluding steroid dienone is 30. The number of ether oxygens (including phenoxy) is 3. The summed E-state index contributed by atoms with van der Waals surface area (Å²) in [6, 6.07) is 0. The summed E-state index contributed by atoms with van der Waals surface area (Å²) < 4.78 is 16.8. The van der Waals surface area contributed by atoms with Gasteiger partial charge in [-0.05, 0) is 154 Å². The van der Waals surface area contributed by atoms with Gasteiger partial charge in [-0.1, -0.05) is 235 Å². The monoisotopic (exact) mass is 1060 g/mol. The van der Waals surface area contributed by atoms with Crippen molar-refractivity contribution < 1.29 is 28.6 Å². The molecular formula is C71H108O6. The lowest BCUT2D eigenvalue weighted by Gasteiger charge is -2.18. The van der Waals surface area contributed by atoms with Gasteiger partial charge in [-0.3, -0.25) is 14.4 Å². The fourth-order valence-electron chi connectivity index (χ4n) is 7.46. The molecule has 0 aliphatic carbocycles. The first-order valence-corrected chi connectivity index (χ1v) is 30.3. The van der Waals surface area contributed by atoms with Crippen LogP contribution >= 0.6 is 0 Å². The molecule has 77 heavy (non-hydrogen) atoms. The Morgan fingerprint density at radius 2 is 0.468 bits per heavy atom. The molecule has 1 atom stereocenters. The molecule has 6 heteroatoms. The van der Waals surface area contributed by atoms with Gasteiger partial charge >= 0.3 is 17.9 Å². The molecule has 0 bridgehead atoms. The van der Waals surface area contributed by atoms with Crippen LogP contribution in [0.4, 0.5) is 0 Å². The molecule has 1 unspecified atom stereocenters. The Morgan fingerprint density at radius 3 is 0.753 bits per heavy atom. The van der Waals surface area contributed by atoms with E-state index in [1.807, 2.05) is 0 Å².